The van der Waals surface area contributed by atoms with Crippen LogP contribution in [0.15, 0.2) is 17.9 Å². The lowest BCUT2D eigenvalue weighted by molar-refractivity contribution is -0.162. The van der Waals surface area contributed by atoms with Crippen molar-refractivity contribution in [1.82, 2.24) is 4.90 Å². The van der Waals surface area contributed by atoms with Gasteiger partial charge in [0.1, 0.15) is 18.0 Å². The summed E-state index contributed by atoms with van der Waals surface area (Å²) in [6, 6.07) is 4.16. The fraction of sp³-hybridized carbons (Fsp3) is 0.654. The molecule has 2 fully saturated rings. The van der Waals surface area contributed by atoms with Crippen LogP contribution in [0.5, 0.6) is 11.5 Å². The third kappa shape index (κ3) is 3.01. The maximum Gasteiger partial charge on any atom is 0.316 e. The molecule has 1 aromatic carbocycles. The molecule has 4 atom stereocenters. The third-order valence-corrected chi connectivity index (χ3v) is 7.59. The van der Waals surface area contributed by atoms with Crippen molar-refractivity contribution in [2.75, 3.05) is 19.9 Å². The van der Waals surface area contributed by atoms with E-state index in [0.717, 1.165) is 48.6 Å². The van der Waals surface area contributed by atoms with Gasteiger partial charge < -0.3 is 23.7 Å². The fourth-order valence-corrected chi connectivity index (χ4v) is 6.32. The van der Waals surface area contributed by atoms with Gasteiger partial charge in [-0.2, -0.15) is 0 Å². The summed E-state index contributed by atoms with van der Waals surface area (Å²) < 4.78 is 30.7. The second-order valence-corrected chi connectivity index (χ2v) is 11.6. The summed E-state index contributed by atoms with van der Waals surface area (Å²) >= 11 is 0. The predicted molar refractivity (Wildman–Crippen MR) is 121 cm³/mol. The number of ether oxygens (including phenoxy) is 5. The molecule has 178 valence electrons. The molecule has 1 spiro atoms. The molecular formula is C26H33NO6. The van der Waals surface area contributed by atoms with Crippen LogP contribution in [0.2, 0.25) is 0 Å². The van der Waals surface area contributed by atoms with E-state index in [1.54, 1.807) is 0 Å². The monoisotopic (exact) mass is 455 g/mol. The van der Waals surface area contributed by atoms with Crippen molar-refractivity contribution in [3.63, 3.8) is 0 Å². The normalized spacial score (nSPS) is 33.9. The Morgan fingerprint density at radius 1 is 1.15 bits per heavy atom. The second kappa shape index (κ2) is 6.74. The summed E-state index contributed by atoms with van der Waals surface area (Å²) in [5.74, 6) is 1.58. The zero-order valence-corrected chi connectivity index (χ0v) is 20.3. The average molecular weight is 456 g/mol. The molecule has 2 saturated heterocycles. The molecule has 5 aliphatic rings. The quantitative estimate of drug-likeness (QED) is 0.595. The minimum absolute atomic E-state index is 0.225. The van der Waals surface area contributed by atoms with E-state index in [9.17, 15) is 4.79 Å². The molecule has 0 aromatic heterocycles. The van der Waals surface area contributed by atoms with Crippen LogP contribution in [0.1, 0.15) is 59.1 Å². The maximum atomic E-state index is 13.2. The lowest BCUT2D eigenvalue weighted by Crippen LogP contribution is -2.53. The number of rotatable bonds is 1. The molecule has 7 heteroatoms. The van der Waals surface area contributed by atoms with E-state index in [-0.39, 0.29) is 18.9 Å². The fourth-order valence-electron chi connectivity index (χ4n) is 6.32. The molecule has 6 rings (SSSR count). The highest BCUT2D eigenvalue weighted by Gasteiger charge is 2.67. The Hall–Kier alpha value is -2.09. The van der Waals surface area contributed by atoms with Crippen LogP contribution < -0.4 is 9.47 Å². The van der Waals surface area contributed by atoms with E-state index in [4.69, 9.17) is 23.7 Å². The standard InChI is InChI=1S/C26H33NO6/c1-14-11-26-19(16-10-18-17(29-13-30-18)9-15(16)7-8-27(26)12-14)20(31-23(28)24(2,3)4)21-22(26)33-25(5,6)32-21/h9-10,14,21-22H,7-8,11-13H2,1-6H3/t14-,21-,22-,26-/m1/s1. The van der Waals surface area contributed by atoms with Crippen molar-refractivity contribution in [2.24, 2.45) is 11.3 Å². The topological polar surface area (TPSA) is 66.5 Å². The van der Waals surface area contributed by atoms with Crippen molar-refractivity contribution in [3.8, 4) is 11.5 Å². The first kappa shape index (κ1) is 21.4. The lowest BCUT2D eigenvalue weighted by atomic mass is 9.80. The molecule has 1 aliphatic carbocycles. The van der Waals surface area contributed by atoms with Gasteiger partial charge in [0.05, 0.1) is 11.0 Å². The Morgan fingerprint density at radius 2 is 1.88 bits per heavy atom. The van der Waals surface area contributed by atoms with Gasteiger partial charge in [-0.1, -0.05) is 6.92 Å². The molecule has 33 heavy (non-hydrogen) atoms. The van der Waals surface area contributed by atoms with Gasteiger partial charge in [0.2, 0.25) is 6.79 Å². The zero-order chi connectivity index (χ0) is 23.3. The highest BCUT2D eigenvalue weighted by atomic mass is 16.8. The summed E-state index contributed by atoms with van der Waals surface area (Å²) in [5, 5.41) is 0. The molecule has 4 aliphatic heterocycles. The highest BCUT2D eigenvalue weighted by molar-refractivity contribution is 5.87. The van der Waals surface area contributed by atoms with E-state index in [1.165, 1.54) is 5.56 Å². The maximum absolute atomic E-state index is 13.2. The van der Waals surface area contributed by atoms with Crippen molar-refractivity contribution in [2.45, 2.75) is 77.9 Å². The van der Waals surface area contributed by atoms with Crippen LogP contribution in [0.25, 0.3) is 5.57 Å². The number of carbonyl (C=O) groups excluding carboxylic acids is 1. The Kier molecular flexibility index (Phi) is 4.38. The Labute approximate surface area is 195 Å². The van der Waals surface area contributed by atoms with E-state index >= 15 is 0 Å². The third-order valence-electron chi connectivity index (χ3n) is 7.59. The predicted octanol–water partition coefficient (Wildman–Crippen LogP) is 3.89. The molecule has 0 N–H and O–H groups in total. The van der Waals surface area contributed by atoms with Crippen LogP contribution in [0.4, 0.5) is 0 Å². The minimum atomic E-state index is -0.753. The summed E-state index contributed by atoms with van der Waals surface area (Å²) in [6.07, 6.45) is 1.12. The first-order valence-corrected chi connectivity index (χ1v) is 12.0. The van der Waals surface area contributed by atoms with Crippen LogP contribution in [-0.4, -0.2) is 54.3 Å². The summed E-state index contributed by atoms with van der Waals surface area (Å²) in [4.78, 5) is 15.7. The molecule has 0 unspecified atom stereocenters. The Morgan fingerprint density at radius 3 is 2.61 bits per heavy atom. The number of nitrogens with zero attached hydrogens (tertiary/aromatic N) is 1. The number of carbonyl (C=O) groups is 1. The highest BCUT2D eigenvalue weighted by Crippen LogP contribution is 2.60. The zero-order valence-electron chi connectivity index (χ0n) is 20.3. The van der Waals surface area contributed by atoms with Gasteiger partial charge in [-0.05, 0) is 76.6 Å². The molecule has 7 nitrogen and oxygen atoms in total. The van der Waals surface area contributed by atoms with Crippen LogP contribution in [0, 0.1) is 11.3 Å². The first-order chi connectivity index (χ1) is 15.5. The van der Waals surface area contributed by atoms with Gasteiger partial charge in [0.25, 0.3) is 0 Å². The lowest BCUT2D eigenvalue weighted by Gasteiger charge is -2.40. The molecule has 4 heterocycles. The molecule has 1 aromatic rings. The SMILES string of the molecule is C[C@H]1CN2CCc3cc4c(cc3C3=C(OC(=O)C(C)(C)C)[C@H]5OC(C)(C)O[C@H]5[C@@]32C1)OCO4. The first-order valence-electron chi connectivity index (χ1n) is 12.0. The van der Waals surface area contributed by atoms with Gasteiger partial charge in [-0.3, -0.25) is 9.69 Å². The summed E-state index contributed by atoms with van der Waals surface area (Å²) in [7, 11) is 0. The summed E-state index contributed by atoms with van der Waals surface area (Å²) in [6.45, 7) is 13.9. The Bertz CT molecular complexity index is 1070. The average Bonchev–Trinajstić information content (AvgIpc) is 3.41. The van der Waals surface area contributed by atoms with E-state index in [1.807, 2.05) is 34.6 Å². The molecular weight excluding hydrogens is 422 g/mol. The van der Waals surface area contributed by atoms with Gasteiger partial charge in [0, 0.05) is 18.7 Å². The number of esters is 1. The van der Waals surface area contributed by atoms with Crippen LogP contribution in [0.3, 0.4) is 0 Å². The van der Waals surface area contributed by atoms with E-state index in [0.29, 0.717) is 11.7 Å². The molecule has 0 amide bonds. The van der Waals surface area contributed by atoms with E-state index < -0.39 is 22.8 Å². The summed E-state index contributed by atoms with van der Waals surface area (Å²) in [5.41, 5.74) is 2.22. The Balaban J connectivity index is 1.61. The van der Waals surface area contributed by atoms with Crippen molar-refractivity contribution in [1.29, 1.82) is 0 Å². The number of fused-ring (bicyclic) bond motifs is 4. The van der Waals surface area contributed by atoms with Crippen LogP contribution >= 0.6 is 0 Å². The van der Waals surface area contributed by atoms with Gasteiger partial charge in [-0.15, -0.1) is 0 Å². The number of hydrogen-bond acceptors (Lipinski definition) is 7. The minimum Gasteiger partial charge on any atom is -0.454 e. The van der Waals surface area contributed by atoms with Crippen molar-refractivity contribution >= 4 is 11.5 Å². The smallest absolute Gasteiger partial charge is 0.316 e. The molecule has 0 saturated carbocycles. The number of hydrogen-bond donors (Lipinski definition) is 0. The molecule has 0 bridgehead atoms. The number of benzene rings is 1. The van der Waals surface area contributed by atoms with Gasteiger partial charge in [0.15, 0.2) is 17.3 Å². The van der Waals surface area contributed by atoms with E-state index in [2.05, 4.69) is 24.0 Å². The largest absolute Gasteiger partial charge is 0.454 e. The van der Waals surface area contributed by atoms with Gasteiger partial charge >= 0.3 is 5.97 Å². The second-order valence-electron chi connectivity index (χ2n) is 11.6. The van der Waals surface area contributed by atoms with Crippen molar-refractivity contribution < 1.29 is 28.5 Å². The molecule has 0 radical (unpaired) electrons. The van der Waals surface area contributed by atoms with Crippen molar-refractivity contribution in [3.05, 3.63) is 29.0 Å². The van der Waals surface area contributed by atoms with Gasteiger partial charge in [-0.25, -0.2) is 0 Å². The van der Waals surface area contributed by atoms with Crippen LogP contribution in [-0.2, 0) is 25.4 Å².